The number of halogens is 1. The molecule has 0 spiro atoms. The summed E-state index contributed by atoms with van der Waals surface area (Å²) in [6, 6.07) is 26.1. The Morgan fingerprint density at radius 2 is 1.55 bits per heavy atom. The Hall–Kier alpha value is -1.34. The molecule has 0 radical (unpaired) electrons. The van der Waals surface area contributed by atoms with Crippen LogP contribution in [0.3, 0.4) is 0 Å². The van der Waals surface area contributed by atoms with Crippen molar-refractivity contribution in [3.8, 4) is 5.75 Å². The number of benzene rings is 3. The Morgan fingerprint density at radius 3 is 2.14 bits per heavy atom. The van der Waals surface area contributed by atoms with Crippen LogP contribution >= 0.6 is 15.9 Å². The standard InChI is InChI=1S/C24H19BrO3.K/c1-2-23(24(26)28-17-19-11-7-4-8-12-19)20-13-21(25)15-22(14-20)27-16-18-9-5-3-6-10-18;/h2-13,15H,1,16-17H2;/q-2;+1/b23-2+;. The Bertz CT molecular complexity index is 956. The largest absolute Gasteiger partial charge is 1.00 e. The number of ether oxygens (including phenoxy) is 2. The molecule has 0 aliphatic heterocycles. The van der Waals surface area contributed by atoms with E-state index < -0.39 is 5.97 Å². The van der Waals surface area contributed by atoms with Crippen molar-refractivity contribution in [3.05, 3.63) is 113 Å². The number of carbonyl (C=O) groups is 1. The Labute approximate surface area is 222 Å². The quantitative estimate of drug-likeness (QED) is 0.229. The number of allylic oxidation sites excluding steroid dienone is 1. The molecule has 0 aliphatic carbocycles. The van der Waals surface area contributed by atoms with Crippen molar-refractivity contribution < 1.29 is 65.7 Å². The van der Waals surface area contributed by atoms with Crippen molar-refractivity contribution in [1.82, 2.24) is 0 Å². The number of rotatable bonds is 7. The molecule has 0 aromatic heterocycles. The van der Waals surface area contributed by atoms with Crippen molar-refractivity contribution >= 4 is 27.5 Å². The molecule has 3 rings (SSSR count). The van der Waals surface area contributed by atoms with Gasteiger partial charge in [0.05, 0.1) is 0 Å². The van der Waals surface area contributed by atoms with E-state index in [-0.39, 0.29) is 58.0 Å². The van der Waals surface area contributed by atoms with Crippen LogP contribution in [0.1, 0.15) is 16.7 Å². The molecular formula is C24H19BrKO3-. The topological polar surface area (TPSA) is 35.5 Å². The molecule has 3 aromatic rings. The second-order valence-electron chi connectivity index (χ2n) is 6.03. The molecule has 0 atom stereocenters. The first-order valence-electron chi connectivity index (χ1n) is 8.76. The van der Waals surface area contributed by atoms with Gasteiger partial charge < -0.3 is 9.47 Å². The third kappa shape index (κ3) is 7.44. The Balaban J connectivity index is 0.00000300. The zero-order valence-electron chi connectivity index (χ0n) is 16.2. The summed E-state index contributed by atoms with van der Waals surface area (Å²) in [5.41, 5.74) is 2.87. The van der Waals surface area contributed by atoms with E-state index in [9.17, 15) is 4.79 Å². The summed E-state index contributed by atoms with van der Waals surface area (Å²) in [6.07, 6.45) is 1.48. The second kappa shape index (κ2) is 12.4. The van der Waals surface area contributed by atoms with Crippen LogP contribution in [0.2, 0.25) is 0 Å². The maximum Gasteiger partial charge on any atom is 1.00 e. The van der Waals surface area contributed by atoms with Crippen molar-refractivity contribution in [1.29, 1.82) is 0 Å². The van der Waals surface area contributed by atoms with Crippen LogP contribution in [0.15, 0.2) is 83.3 Å². The maximum atomic E-state index is 12.5. The molecule has 5 heteroatoms. The molecule has 29 heavy (non-hydrogen) atoms. The smallest absolute Gasteiger partial charge is 0.508 e. The molecule has 0 N–H and O–H groups in total. The molecule has 3 aromatic carbocycles. The molecule has 0 unspecified atom stereocenters. The molecule has 0 fully saturated rings. The zero-order valence-corrected chi connectivity index (χ0v) is 20.9. The van der Waals surface area contributed by atoms with E-state index in [2.05, 4.69) is 28.9 Å². The van der Waals surface area contributed by atoms with Crippen LogP contribution in [0.5, 0.6) is 5.75 Å². The summed E-state index contributed by atoms with van der Waals surface area (Å²) in [5.74, 6) is 0.0747. The van der Waals surface area contributed by atoms with E-state index in [1.807, 2.05) is 66.7 Å². The molecule has 0 aliphatic rings. The molecule has 142 valence electrons. The monoisotopic (exact) mass is 473 g/mol. The van der Waals surface area contributed by atoms with Gasteiger partial charge in [-0.3, -0.25) is 4.79 Å². The maximum absolute atomic E-state index is 12.5. The fourth-order valence-electron chi connectivity index (χ4n) is 2.57. The van der Waals surface area contributed by atoms with Gasteiger partial charge in [-0.25, -0.2) is 6.92 Å². The van der Waals surface area contributed by atoms with E-state index in [1.165, 1.54) is 6.08 Å². The number of esters is 1. The van der Waals surface area contributed by atoms with Gasteiger partial charge in [0.25, 0.3) is 5.97 Å². The second-order valence-corrected chi connectivity index (χ2v) is 6.95. The summed E-state index contributed by atoms with van der Waals surface area (Å²) >= 11 is 3.46. The van der Waals surface area contributed by atoms with Crippen LogP contribution in [0, 0.1) is 13.0 Å². The van der Waals surface area contributed by atoms with Gasteiger partial charge in [-0.1, -0.05) is 93.2 Å². The minimum Gasteiger partial charge on any atom is -0.508 e. The Morgan fingerprint density at radius 1 is 0.966 bits per heavy atom. The average molecular weight is 474 g/mol. The summed E-state index contributed by atoms with van der Waals surface area (Å²) in [4.78, 5) is 12.5. The fourth-order valence-corrected chi connectivity index (χ4v) is 3.01. The van der Waals surface area contributed by atoms with Crippen molar-refractivity contribution in [3.63, 3.8) is 0 Å². The predicted octanol–water partition coefficient (Wildman–Crippen LogP) is 2.79. The van der Waals surface area contributed by atoms with Gasteiger partial charge in [0, 0.05) is 5.75 Å². The molecule has 0 bridgehead atoms. The van der Waals surface area contributed by atoms with E-state index in [4.69, 9.17) is 9.47 Å². The van der Waals surface area contributed by atoms with Crippen LogP contribution in [-0.2, 0) is 22.7 Å². The molecule has 3 nitrogen and oxygen atoms in total. The number of hydrogen-bond donors (Lipinski definition) is 0. The van der Waals surface area contributed by atoms with Gasteiger partial charge >= 0.3 is 51.4 Å². The van der Waals surface area contributed by atoms with Crippen LogP contribution in [0.4, 0.5) is 0 Å². The number of hydrogen-bond acceptors (Lipinski definition) is 3. The van der Waals surface area contributed by atoms with Crippen molar-refractivity contribution in [2.24, 2.45) is 0 Å². The molecule has 0 saturated carbocycles. The summed E-state index contributed by atoms with van der Waals surface area (Å²) in [7, 11) is 0. The summed E-state index contributed by atoms with van der Waals surface area (Å²) in [5, 5.41) is 0. The first kappa shape index (κ1) is 23.9. The van der Waals surface area contributed by atoms with Crippen LogP contribution < -0.4 is 56.1 Å². The molecular weight excluding hydrogens is 455 g/mol. The summed E-state index contributed by atoms with van der Waals surface area (Å²) < 4.78 is 12.0. The zero-order chi connectivity index (χ0) is 19.8. The van der Waals surface area contributed by atoms with Crippen LogP contribution in [-0.4, -0.2) is 5.97 Å². The third-order valence-electron chi connectivity index (χ3n) is 3.97. The van der Waals surface area contributed by atoms with E-state index in [0.717, 1.165) is 15.6 Å². The van der Waals surface area contributed by atoms with Gasteiger partial charge in [0.1, 0.15) is 13.2 Å². The molecule has 0 amide bonds. The Kier molecular flexibility index (Phi) is 10.2. The van der Waals surface area contributed by atoms with E-state index >= 15 is 0 Å². The minimum atomic E-state index is -0.456. The predicted molar refractivity (Wildman–Crippen MR) is 113 cm³/mol. The van der Waals surface area contributed by atoms with Gasteiger partial charge in [0.2, 0.25) is 0 Å². The fraction of sp³-hybridized carbons (Fsp3) is 0.0833. The third-order valence-corrected chi connectivity index (χ3v) is 4.43. The van der Waals surface area contributed by atoms with Gasteiger partial charge in [-0.05, 0) is 16.7 Å². The normalized spacial score (nSPS) is 10.7. The van der Waals surface area contributed by atoms with Gasteiger partial charge in [-0.15, -0.1) is 11.6 Å². The van der Waals surface area contributed by atoms with Crippen molar-refractivity contribution in [2.75, 3.05) is 0 Å². The molecule has 0 heterocycles. The SMILES string of the molecule is [CH2-]/C=C(/C(=O)OCc1ccccc1)c1[c-]c(OCc2ccccc2)cc(Br)c1.[K+]. The van der Waals surface area contributed by atoms with E-state index in [1.54, 1.807) is 6.07 Å². The van der Waals surface area contributed by atoms with Crippen molar-refractivity contribution in [2.45, 2.75) is 13.2 Å². The van der Waals surface area contributed by atoms with Crippen LogP contribution in [0.25, 0.3) is 5.57 Å². The first-order valence-corrected chi connectivity index (χ1v) is 9.55. The summed E-state index contributed by atoms with van der Waals surface area (Å²) in [6.45, 7) is 4.36. The van der Waals surface area contributed by atoms with Gasteiger partial charge in [-0.2, -0.15) is 6.08 Å². The van der Waals surface area contributed by atoms with Gasteiger partial charge in [0.15, 0.2) is 0 Å². The number of carbonyl (C=O) groups excluding carboxylic acids is 1. The average Bonchev–Trinajstić information content (AvgIpc) is 2.72. The van der Waals surface area contributed by atoms with E-state index in [0.29, 0.717) is 23.5 Å². The first-order chi connectivity index (χ1) is 13.7. The minimum absolute atomic E-state index is 0. The molecule has 0 saturated heterocycles.